The number of carbonyl (C=O) groups is 3. The fourth-order valence-electron chi connectivity index (χ4n) is 1.82. The zero-order chi connectivity index (χ0) is 14.7. The van der Waals surface area contributed by atoms with Crippen molar-refractivity contribution in [2.45, 2.75) is 13.8 Å². The largest absolute Gasteiger partial charge is 0.483 e. The van der Waals surface area contributed by atoms with Crippen molar-refractivity contribution in [3.8, 4) is 5.75 Å². The molecule has 1 heterocycles. The Balaban J connectivity index is 1.86. The summed E-state index contributed by atoms with van der Waals surface area (Å²) in [5.41, 5.74) is 4.32. The average molecular weight is 277 g/mol. The average Bonchev–Trinajstić information content (AvgIpc) is 2.66. The normalized spacial score (nSPS) is 14.2. The Kier molecular flexibility index (Phi) is 3.88. The second-order valence-corrected chi connectivity index (χ2v) is 4.53. The topological polar surface area (TPSA) is 87.7 Å². The summed E-state index contributed by atoms with van der Waals surface area (Å²) in [4.78, 5) is 33.8. The highest BCUT2D eigenvalue weighted by Crippen LogP contribution is 2.18. The number of hydrazine groups is 1. The maximum atomic E-state index is 11.6. The van der Waals surface area contributed by atoms with Crippen molar-refractivity contribution in [1.82, 2.24) is 15.8 Å². The van der Waals surface area contributed by atoms with Crippen LogP contribution in [0.15, 0.2) is 18.2 Å². The van der Waals surface area contributed by atoms with Gasteiger partial charge in [-0.1, -0.05) is 17.7 Å². The van der Waals surface area contributed by atoms with Crippen LogP contribution in [0.1, 0.15) is 11.1 Å². The van der Waals surface area contributed by atoms with Gasteiger partial charge in [-0.15, -0.1) is 0 Å². The molecule has 0 unspecified atom stereocenters. The number of aryl methyl sites for hydroxylation is 2. The van der Waals surface area contributed by atoms with Gasteiger partial charge >= 0.3 is 6.03 Å². The van der Waals surface area contributed by atoms with Gasteiger partial charge in [0.25, 0.3) is 5.91 Å². The minimum Gasteiger partial charge on any atom is -0.483 e. The first-order chi connectivity index (χ1) is 9.45. The van der Waals surface area contributed by atoms with Crippen LogP contribution in [0.4, 0.5) is 4.79 Å². The minimum absolute atomic E-state index is 0.186. The van der Waals surface area contributed by atoms with Crippen LogP contribution in [0, 0.1) is 13.8 Å². The first-order valence-corrected chi connectivity index (χ1v) is 6.06. The summed E-state index contributed by atoms with van der Waals surface area (Å²) in [6.07, 6.45) is 0. The third-order valence-corrected chi connectivity index (χ3v) is 2.74. The van der Waals surface area contributed by atoms with Gasteiger partial charge in [0.2, 0.25) is 5.91 Å². The quantitative estimate of drug-likeness (QED) is 0.773. The lowest BCUT2D eigenvalue weighted by molar-refractivity contribution is -0.127. The Hall–Kier alpha value is -2.57. The summed E-state index contributed by atoms with van der Waals surface area (Å²) in [5.74, 6) is -0.354. The van der Waals surface area contributed by atoms with E-state index >= 15 is 0 Å². The van der Waals surface area contributed by atoms with Gasteiger partial charge in [-0.25, -0.2) is 9.80 Å². The standard InChI is InChI=1S/C13H15N3O4/c1-8-3-4-10(9(2)5-8)20-7-12(18)15-16-6-11(17)14-13(16)19/h3-5H,6-7H2,1-2H3,(H,15,18)(H,14,17,19). The predicted octanol–water partition coefficient (Wildman–Crippen LogP) is 0.265. The molecule has 20 heavy (non-hydrogen) atoms. The smallest absolute Gasteiger partial charge is 0.343 e. The van der Waals surface area contributed by atoms with Crippen LogP contribution in [0.2, 0.25) is 0 Å². The van der Waals surface area contributed by atoms with E-state index in [0.29, 0.717) is 5.75 Å². The van der Waals surface area contributed by atoms with Crippen molar-refractivity contribution in [2.75, 3.05) is 13.2 Å². The van der Waals surface area contributed by atoms with Crippen LogP contribution >= 0.6 is 0 Å². The van der Waals surface area contributed by atoms with Gasteiger partial charge in [-0.3, -0.25) is 20.3 Å². The molecule has 0 radical (unpaired) electrons. The first-order valence-electron chi connectivity index (χ1n) is 6.06. The van der Waals surface area contributed by atoms with Crippen LogP contribution in [0.25, 0.3) is 0 Å². The number of hydrogen-bond acceptors (Lipinski definition) is 4. The van der Waals surface area contributed by atoms with Crippen LogP contribution in [-0.2, 0) is 9.59 Å². The number of benzene rings is 1. The number of urea groups is 1. The third kappa shape index (κ3) is 3.25. The molecular formula is C13H15N3O4. The van der Waals surface area contributed by atoms with E-state index in [-0.39, 0.29) is 13.2 Å². The molecule has 1 aliphatic heterocycles. The molecule has 0 spiro atoms. The van der Waals surface area contributed by atoms with E-state index in [0.717, 1.165) is 16.1 Å². The molecular weight excluding hydrogens is 262 g/mol. The van der Waals surface area contributed by atoms with E-state index in [1.807, 2.05) is 26.0 Å². The Morgan fingerprint density at radius 2 is 2.15 bits per heavy atom. The number of carbonyl (C=O) groups excluding carboxylic acids is 3. The van der Waals surface area contributed by atoms with E-state index in [9.17, 15) is 14.4 Å². The summed E-state index contributed by atoms with van der Waals surface area (Å²) >= 11 is 0. The van der Waals surface area contributed by atoms with Crippen molar-refractivity contribution in [3.05, 3.63) is 29.3 Å². The highest BCUT2D eigenvalue weighted by atomic mass is 16.5. The Morgan fingerprint density at radius 1 is 1.40 bits per heavy atom. The number of imide groups is 1. The van der Waals surface area contributed by atoms with Gasteiger partial charge < -0.3 is 4.74 Å². The van der Waals surface area contributed by atoms with Crippen molar-refractivity contribution < 1.29 is 19.1 Å². The van der Waals surface area contributed by atoms with Crippen LogP contribution in [0.5, 0.6) is 5.75 Å². The van der Waals surface area contributed by atoms with E-state index in [1.165, 1.54) is 0 Å². The van der Waals surface area contributed by atoms with Gasteiger partial charge in [0, 0.05) is 0 Å². The minimum atomic E-state index is -0.644. The maximum absolute atomic E-state index is 11.6. The number of nitrogens with one attached hydrogen (secondary N) is 2. The highest BCUT2D eigenvalue weighted by Gasteiger charge is 2.28. The molecule has 2 rings (SSSR count). The molecule has 0 aromatic heterocycles. The van der Waals surface area contributed by atoms with Gasteiger partial charge in [0.15, 0.2) is 6.61 Å². The molecule has 0 atom stereocenters. The van der Waals surface area contributed by atoms with Gasteiger partial charge in [0.1, 0.15) is 12.3 Å². The molecule has 7 heteroatoms. The molecule has 2 N–H and O–H groups in total. The zero-order valence-electron chi connectivity index (χ0n) is 11.2. The van der Waals surface area contributed by atoms with Crippen LogP contribution < -0.4 is 15.5 Å². The highest BCUT2D eigenvalue weighted by molar-refractivity contribution is 6.02. The third-order valence-electron chi connectivity index (χ3n) is 2.74. The summed E-state index contributed by atoms with van der Waals surface area (Å²) < 4.78 is 5.37. The van der Waals surface area contributed by atoms with Crippen molar-refractivity contribution in [3.63, 3.8) is 0 Å². The number of ether oxygens (including phenoxy) is 1. The number of rotatable bonds is 4. The number of amides is 4. The lowest BCUT2D eigenvalue weighted by Gasteiger charge is -2.15. The summed E-state index contributed by atoms with van der Waals surface area (Å²) in [6, 6.07) is 4.96. The number of hydrogen-bond donors (Lipinski definition) is 2. The molecule has 1 fully saturated rings. The lowest BCUT2D eigenvalue weighted by Crippen LogP contribution is -2.46. The molecule has 1 aromatic carbocycles. The predicted molar refractivity (Wildman–Crippen MR) is 69.8 cm³/mol. The van der Waals surface area contributed by atoms with E-state index in [1.54, 1.807) is 6.07 Å². The monoisotopic (exact) mass is 277 g/mol. The van der Waals surface area contributed by atoms with Gasteiger partial charge in [0.05, 0.1) is 0 Å². The molecule has 7 nitrogen and oxygen atoms in total. The van der Waals surface area contributed by atoms with Gasteiger partial charge in [-0.2, -0.15) is 0 Å². The molecule has 1 aliphatic rings. The van der Waals surface area contributed by atoms with E-state index in [4.69, 9.17) is 4.74 Å². The Labute approximate surface area is 115 Å². The van der Waals surface area contributed by atoms with Crippen molar-refractivity contribution in [2.24, 2.45) is 0 Å². The molecule has 1 aromatic rings. The second kappa shape index (κ2) is 5.60. The fraction of sp³-hybridized carbons (Fsp3) is 0.308. The molecule has 106 valence electrons. The van der Waals surface area contributed by atoms with E-state index in [2.05, 4.69) is 10.7 Å². The molecule has 0 aliphatic carbocycles. The SMILES string of the molecule is Cc1ccc(OCC(=O)NN2CC(=O)NC2=O)c(C)c1. The van der Waals surface area contributed by atoms with Gasteiger partial charge in [-0.05, 0) is 25.5 Å². The fourth-order valence-corrected chi connectivity index (χ4v) is 1.82. The van der Waals surface area contributed by atoms with Crippen LogP contribution in [0.3, 0.4) is 0 Å². The Bertz CT molecular complexity index is 571. The second-order valence-electron chi connectivity index (χ2n) is 4.53. The molecule has 1 saturated heterocycles. The molecule has 0 bridgehead atoms. The van der Waals surface area contributed by atoms with Crippen LogP contribution in [-0.4, -0.2) is 36.0 Å². The maximum Gasteiger partial charge on any atom is 0.343 e. The lowest BCUT2D eigenvalue weighted by atomic mass is 10.1. The Morgan fingerprint density at radius 3 is 2.75 bits per heavy atom. The van der Waals surface area contributed by atoms with Crippen molar-refractivity contribution in [1.29, 1.82) is 0 Å². The summed E-state index contributed by atoms with van der Waals surface area (Å²) in [7, 11) is 0. The zero-order valence-corrected chi connectivity index (χ0v) is 11.2. The number of nitrogens with zero attached hydrogens (tertiary/aromatic N) is 1. The first kappa shape index (κ1) is 13.9. The summed E-state index contributed by atoms with van der Waals surface area (Å²) in [6.45, 7) is 3.43. The van der Waals surface area contributed by atoms with Crippen molar-refractivity contribution >= 4 is 17.8 Å². The molecule has 4 amide bonds. The van der Waals surface area contributed by atoms with E-state index < -0.39 is 17.8 Å². The molecule has 0 saturated carbocycles. The summed E-state index contributed by atoms with van der Waals surface area (Å²) in [5, 5.41) is 2.97.